The molecule has 0 radical (unpaired) electrons. The van der Waals surface area contributed by atoms with Gasteiger partial charge in [0.1, 0.15) is 0 Å². The van der Waals surface area contributed by atoms with Gasteiger partial charge in [0.2, 0.25) is 0 Å². The molecular weight excluding hydrogens is 118 g/mol. The maximum atomic E-state index is 5.40. The maximum absolute atomic E-state index is 5.40. The highest BCUT2D eigenvalue weighted by molar-refractivity contribution is 7.80. The third-order valence-corrected chi connectivity index (χ3v) is 1.69. The molecule has 0 aromatic rings. The quantitative estimate of drug-likeness (QED) is 0.585. The van der Waals surface area contributed by atoms with Crippen molar-refractivity contribution in [1.82, 2.24) is 0 Å². The smallest absolute Gasteiger partial charge is 0.00195 e. The van der Waals surface area contributed by atoms with Crippen LogP contribution in [0.3, 0.4) is 0 Å². The van der Waals surface area contributed by atoms with E-state index >= 15 is 0 Å². The Labute approximate surface area is 56.3 Å². The Morgan fingerprint density at radius 1 is 1.75 bits per heavy atom. The number of hydrogen-bond acceptors (Lipinski definition) is 2. The third kappa shape index (κ3) is 2.38. The molecule has 1 atom stereocenters. The van der Waals surface area contributed by atoms with Crippen molar-refractivity contribution in [2.45, 2.75) is 20.3 Å². The molecule has 8 heavy (non-hydrogen) atoms. The molecule has 0 spiro atoms. The molecule has 2 heteroatoms. The molecule has 0 saturated carbocycles. The molecule has 0 amide bonds. The fourth-order valence-electron chi connectivity index (χ4n) is 0.620. The van der Waals surface area contributed by atoms with Gasteiger partial charge in [-0.1, -0.05) is 19.1 Å². The molecule has 0 aromatic heterocycles. The van der Waals surface area contributed by atoms with E-state index in [0.29, 0.717) is 12.5 Å². The van der Waals surface area contributed by atoms with Crippen LogP contribution in [-0.2, 0) is 0 Å². The molecule has 48 valence electrons. The fraction of sp³-hybridized carbons (Fsp3) is 0.833. The molecule has 1 unspecified atom stereocenters. The van der Waals surface area contributed by atoms with Crippen LogP contribution in [0.1, 0.15) is 20.3 Å². The van der Waals surface area contributed by atoms with E-state index in [1.54, 1.807) is 0 Å². The first kappa shape index (κ1) is 8.05. The highest BCUT2D eigenvalue weighted by Gasteiger charge is 2.03. The van der Waals surface area contributed by atoms with E-state index < -0.39 is 0 Å². The van der Waals surface area contributed by atoms with Gasteiger partial charge < -0.3 is 5.73 Å². The summed E-state index contributed by atoms with van der Waals surface area (Å²) in [7, 11) is 0. The minimum atomic E-state index is 0.463. The molecule has 0 aliphatic carbocycles. The maximum Gasteiger partial charge on any atom is 0.00195 e. The summed E-state index contributed by atoms with van der Waals surface area (Å²) in [5, 5.41) is 0. The summed E-state index contributed by atoms with van der Waals surface area (Å²) in [6, 6.07) is 0. The second kappa shape index (κ2) is 3.98. The van der Waals surface area contributed by atoms with Crippen molar-refractivity contribution in [2.75, 3.05) is 6.54 Å². The van der Waals surface area contributed by atoms with Crippen LogP contribution in [-0.4, -0.2) is 11.4 Å². The van der Waals surface area contributed by atoms with Crippen LogP contribution in [0.5, 0.6) is 0 Å². The first-order valence-corrected chi connectivity index (χ1v) is 3.33. The molecule has 0 heterocycles. The SMILES string of the molecule is CCC(CN)C(C)=S. The summed E-state index contributed by atoms with van der Waals surface area (Å²) in [5.74, 6) is 0.463. The van der Waals surface area contributed by atoms with Gasteiger partial charge in [-0.25, -0.2) is 0 Å². The van der Waals surface area contributed by atoms with E-state index in [1.807, 2.05) is 6.92 Å². The molecule has 1 nitrogen and oxygen atoms in total. The summed E-state index contributed by atoms with van der Waals surface area (Å²) >= 11 is 4.94. The molecule has 0 saturated heterocycles. The molecular formula is C6H13NS. The summed E-state index contributed by atoms with van der Waals surface area (Å²) in [4.78, 5) is 1.04. The van der Waals surface area contributed by atoms with E-state index in [2.05, 4.69) is 6.92 Å². The first-order chi connectivity index (χ1) is 3.72. The van der Waals surface area contributed by atoms with Crippen LogP contribution in [0.2, 0.25) is 0 Å². The summed E-state index contributed by atoms with van der Waals surface area (Å²) < 4.78 is 0. The van der Waals surface area contributed by atoms with Crippen LogP contribution in [0.25, 0.3) is 0 Å². The Morgan fingerprint density at radius 2 is 2.25 bits per heavy atom. The first-order valence-electron chi connectivity index (χ1n) is 2.92. The minimum absolute atomic E-state index is 0.463. The molecule has 0 aliphatic heterocycles. The van der Waals surface area contributed by atoms with Crippen molar-refractivity contribution < 1.29 is 0 Å². The van der Waals surface area contributed by atoms with Crippen molar-refractivity contribution in [3.63, 3.8) is 0 Å². The lowest BCUT2D eigenvalue weighted by Crippen LogP contribution is -2.18. The Morgan fingerprint density at radius 3 is 2.25 bits per heavy atom. The van der Waals surface area contributed by atoms with Gasteiger partial charge in [0.25, 0.3) is 0 Å². The summed E-state index contributed by atoms with van der Waals surface area (Å²) in [6.07, 6.45) is 1.08. The molecule has 0 rings (SSSR count). The van der Waals surface area contributed by atoms with Crippen LogP contribution < -0.4 is 5.73 Å². The Hall–Kier alpha value is 0.0500. The molecule has 0 aliphatic rings. The molecule has 0 aromatic carbocycles. The van der Waals surface area contributed by atoms with E-state index in [0.717, 1.165) is 11.3 Å². The Bertz CT molecular complexity index is 76.6. The lowest BCUT2D eigenvalue weighted by Gasteiger charge is -2.07. The topological polar surface area (TPSA) is 26.0 Å². The zero-order valence-electron chi connectivity index (χ0n) is 5.48. The van der Waals surface area contributed by atoms with Gasteiger partial charge in [-0.05, 0) is 24.8 Å². The van der Waals surface area contributed by atoms with Crippen molar-refractivity contribution in [1.29, 1.82) is 0 Å². The lowest BCUT2D eigenvalue weighted by molar-refractivity contribution is 0.683. The predicted octanol–water partition coefficient (Wildman–Crippen LogP) is 1.36. The molecule has 0 fully saturated rings. The van der Waals surface area contributed by atoms with Crippen molar-refractivity contribution in [3.05, 3.63) is 0 Å². The van der Waals surface area contributed by atoms with Crippen LogP contribution in [0.15, 0.2) is 0 Å². The zero-order chi connectivity index (χ0) is 6.57. The average molecular weight is 131 g/mol. The van der Waals surface area contributed by atoms with Crippen LogP contribution in [0.4, 0.5) is 0 Å². The fourth-order valence-corrected chi connectivity index (χ4v) is 0.883. The van der Waals surface area contributed by atoms with Crippen molar-refractivity contribution in [2.24, 2.45) is 11.7 Å². The van der Waals surface area contributed by atoms with Gasteiger partial charge >= 0.3 is 0 Å². The van der Waals surface area contributed by atoms with E-state index in [9.17, 15) is 0 Å². The highest BCUT2D eigenvalue weighted by Crippen LogP contribution is 2.01. The molecule has 0 bridgehead atoms. The number of hydrogen-bond donors (Lipinski definition) is 1. The number of rotatable bonds is 3. The molecule has 2 N–H and O–H groups in total. The van der Waals surface area contributed by atoms with Crippen molar-refractivity contribution in [3.8, 4) is 0 Å². The van der Waals surface area contributed by atoms with Gasteiger partial charge in [-0.2, -0.15) is 0 Å². The minimum Gasteiger partial charge on any atom is -0.330 e. The Kier molecular flexibility index (Phi) is 4.01. The largest absolute Gasteiger partial charge is 0.330 e. The monoisotopic (exact) mass is 131 g/mol. The average Bonchev–Trinajstić information content (AvgIpc) is 1.69. The summed E-state index contributed by atoms with van der Waals surface area (Å²) in [6.45, 7) is 4.76. The highest BCUT2D eigenvalue weighted by atomic mass is 32.1. The lowest BCUT2D eigenvalue weighted by atomic mass is 10.0. The third-order valence-electron chi connectivity index (χ3n) is 1.35. The zero-order valence-corrected chi connectivity index (χ0v) is 6.29. The van der Waals surface area contributed by atoms with Crippen LogP contribution in [0, 0.1) is 5.92 Å². The second-order valence-electron chi connectivity index (χ2n) is 1.95. The standard InChI is InChI=1S/C6H13NS/c1-3-6(4-7)5(2)8/h6H,3-4,7H2,1-2H3. The van der Waals surface area contributed by atoms with Gasteiger partial charge in [0.15, 0.2) is 0 Å². The van der Waals surface area contributed by atoms with E-state index in [4.69, 9.17) is 18.0 Å². The number of nitrogens with two attached hydrogens (primary N) is 1. The van der Waals surface area contributed by atoms with Gasteiger partial charge in [-0.15, -0.1) is 0 Å². The predicted molar refractivity (Wildman–Crippen MR) is 41.1 cm³/mol. The van der Waals surface area contributed by atoms with Gasteiger partial charge in [0.05, 0.1) is 0 Å². The van der Waals surface area contributed by atoms with Crippen LogP contribution >= 0.6 is 12.2 Å². The second-order valence-corrected chi connectivity index (χ2v) is 2.60. The summed E-state index contributed by atoms with van der Waals surface area (Å²) in [5.41, 5.74) is 5.40. The van der Waals surface area contributed by atoms with Crippen molar-refractivity contribution >= 4 is 17.1 Å². The number of thiocarbonyl (C=S) groups is 1. The van der Waals surface area contributed by atoms with E-state index in [1.165, 1.54) is 0 Å². The Balaban J connectivity index is 3.52. The normalized spacial score (nSPS) is 13.4. The van der Waals surface area contributed by atoms with Gasteiger partial charge in [-0.3, -0.25) is 0 Å². The van der Waals surface area contributed by atoms with E-state index in [-0.39, 0.29) is 0 Å². The van der Waals surface area contributed by atoms with Gasteiger partial charge in [0, 0.05) is 5.92 Å².